The van der Waals surface area contributed by atoms with Crippen LogP contribution >= 0.6 is 0 Å². The van der Waals surface area contributed by atoms with Crippen LogP contribution < -0.4 is 0 Å². The molecule has 0 aromatic carbocycles. The van der Waals surface area contributed by atoms with E-state index in [1.54, 1.807) is 0 Å². The van der Waals surface area contributed by atoms with Gasteiger partial charge in [0.1, 0.15) is 0 Å². The van der Waals surface area contributed by atoms with Crippen LogP contribution in [0.25, 0.3) is 0 Å². The van der Waals surface area contributed by atoms with Gasteiger partial charge in [-0.3, -0.25) is 0 Å². The second-order valence-electron chi connectivity index (χ2n) is 4.58. The maximum absolute atomic E-state index is 11.7. The summed E-state index contributed by atoms with van der Waals surface area (Å²) in [5.41, 5.74) is 0. The summed E-state index contributed by atoms with van der Waals surface area (Å²) in [7, 11) is 2.13. The number of likely N-dealkylation sites (tertiary alicyclic amines) is 1. The van der Waals surface area contributed by atoms with Crippen molar-refractivity contribution in [2.24, 2.45) is 5.92 Å². The van der Waals surface area contributed by atoms with Gasteiger partial charge in [-0.15, -0.1) is 0 Å². The number of hydrogen-bond donors (Lipinski definition) is 0. The van der Waals surface area contributed by atoms with E-state index in [0.717, 1.165) is 26.1 Å². The van der Waals surface area contributed by atoms with Gasteiger partial charge in [-0.2, -0.15) is 0 Å². The van der Waals surface area contributed by atoms with Crippen molar-refractivity contribution in [3.8, 4) is 0 Å². The zero-order chi connectivity index (χ0) is 10.8. The first kappa shape index (κ1) is 10.8. The van der Waals surface area contributed by atoms with E-state index in [9.17, 15) is 4.79 Å². The minimum Gasteiger partial charge on any atom is -0.450 e. The zero-order valence-corrected chi connectivity index (χ0v) is 9.61. The maximum atomic E-state index is 11.7. The van der Waals surface area contributed by atoms with Crippen molar-refractivity contribution in [3.05, 3.63) is 0 Å². The van der Waals surface area contributed by atoms with E-state index >= 15 is 0 Å². The van der Waals surface area contributed by atoms with Crippen LogP contribution in [0.2, 0.25) is 0 Å². The van der Waals surface area contributed by atoms with Gasteiger partial charge in [-0.05, 0) is 32.2 Å². The molecule has 2 saturated heterocycles. The van der Waals surface area contributed by atoms with Crippen LogP contribution in [0.1, 0.15) is 19.8 Å². The molecule has 5 heteroatoms. The first-order valence-corrected chi connectivity index (χ1v) is 5.84. The molecule has 0 aromatic rings. The molecule has 0 N–H and O–H groups in total. The molecule has 0 radical (unpaired) electrons. The Morgan fingerprint density at radius 1 is 1.53 bits per heavy atom. The van der Waals surface area contributed by atoms with E-state index in [-0.39, 0.29) is 6.09 Å². The molecule has 2 fully saturated rings. The molecule has 0 unspecified atom stereocenters. The van der Waals surface area contributed by atoms with Crippen LogP contribution in [-0.2, 0) is 4.74 Å². The van der Waals surface area contributed by atoms with Gasteiger partial charge in [0.05, 0.1) is 12.6 Å². The van der Waals surface area contributed by atoms with E-state index in [0.29, 0.717) is 18.6 Å². The second-order valence-corrected chi connectivity index (χ2v) is 4.58. The van der Waals surface area contributed by atoms with Crippen molar-refractivity contribution in [1.82, 2.24) is 9.71 Å². The number of amides is 1. The van der Waals surface area contributed by atoms with Gasteiger partial charge in [0.25, 0.3) is 0 Å². The third-order valence-corrected chi connectivity index (χ3v) is 3.47. The fraction of sp³-hybridized carbons (Fsp3) is 0.900. The van der Waals surface area contributed by atoms with Gasteiger partial charge in [-0.25, -0.2) is 4.79 Å². The highest BCUT2D eigenvalue weighted by Crippen LogP contribution is 2.29. The molecular formula is C10H19BN2O2. The Morgan fingerprint density at radius 2 is 2.33 bits per heavy atom. The van der Waals surface area contributed by atoms with Crippen LogP contribution in [-0.4, -0.2) is 56.1 Å². The van der Waals surface area contributed by atoms with Gasteiger partial charge in [-0.1, -0.05) is 0 Å². The summed E-state index contributed by atoms with van der Waals surface area (Å²) in [5, 5.41) is 0. The SMILES string of the molecule is BN1C[C@H]2CCCN(C(=O)OCC)[C@H]2C1. The van der Waals surface area contributed by atoms with E-state index < -0.39 is 0 Å². The number of carbonyl (C=O) groups is 1. The highest BCUT2D eigenvalue weighted by atomic mass is 16.6. The van der Waals surface area contributed by atoms with Crippen LogP contribution in [0, 0.1) is 5.92 Å². The maximum Gasteiger partial charge on any atom is 0.410 e. The lowest BCUT2D eigenvalue weighted by Crippen LogP contribution is -2.48. The third kappa shape index (κ3) is 2.12. The third-order valence-electron chi connectivity index (χ3n) is 3.47. The Balaban J connectivity index is 2.02. The van der Waals surface area contributed by atoms with Gasteiger partial charge in [0.15, 0.2) is 7.98 Å². The normalized spacial score (nSPS) is 31.4. The number of ether oxygens (including phenoxy) is 1. The summed E-state index contributed by atoms with van der Waals surface area (Å²) >= 11 is 0. The van der Waals surface area contributed by atoms with Gasteiger partial charge < -0.3 is 14.4 Å². The molecule has 84 valence electrons. The molecule has 0 aliphatic carbocycles. The highest BCUT2D eigenvalue weighted by molar-refractivity contribution is 6.04. The molecule has 0 bridgehead atoms. The second kappa shape index (κ2) is 4.43. The Bertz CT molecular complexity index is 250. The van der Waals surface area contributed by atoms with E-state index in [2.05, 4.69) is 12.8 Å². The lowest BCUT2D eigenvalue weighted by atomic mass is 9.92. The topological polar surface area (TPSA) is 32.8 Å². The summed E-state index contributed by atoms with van der Waals surface area (Å²) in [6, 6.07) is 0.391. The lowest BCUT2D eigenvalue weighted by molar-refractivity contribution is 0.0691. The zero-order valence-electron chi connectivity index (χ0n) is 9.61. The predicted molar refractivity (Wildman–Crippen MR) is 60.4 cm³/mol. The number of carbonyl (C=O) groups excluding carboxylic acids is 1. The molecule has 2 aliphatic heterocycles. The largest absolute Gasteiger partial charge is 0.450 e. The van der Waals surface area contributed by atoms with Crippen molar-refractivity contribution in [2.45, 2.75) is 25.8 Å². The Labute approximate surface area is 92.0 Å². The summed E-state index contributed by atoms with van der Waals surface area (Å²) in [6.07, 6.45) is 2.25. The molecule has 2 aliphatic rings. The minimum atomic E-state index is -0.123. The fourth-order valence-corrected chi connectivity index (χ4v) is 2.82. The smallest absolute Gasteiger partial charge is 0.410 e. The summed E-state index contributed by atoms with van der Waals surface area (Å²) in [6.45, 7) is 5.33. The predicted octanol–water partition coefficient (Wildman–Crippen LogP) is 0.0872. The van der Waals surface area contributed by atoms with Gasteiger partial charge >= 0.3 is 6.09 Å². The average Bonchev–Trinajstić information content (AvgIpc) is 2.57. The Kier molecular flexibility index (Phi) is 3.19. The van der Waals surface area contributed by atoms with Crippen molar-refractivity contribution < 1.29 is 9.53 Å². The first-order valence-electron chi connectivity index (χ1n) is 5.84. The molecule has 1 amide bonds. The number of hydrogen-bond acceptors (Lipinski definition) is 3. The molecule has 4 nitrogen and oxygen atoms in total. The minimum absolute atomic E-state index is 0.123. The Hall–Kier alpha value is -0.705. The van der Waals surface area contributed by atoms with Crippen molar-refractivity contribution in [1.29, 1.82) is 0 Å². The average molecular weight is 210 g/mol. The molecule has 15 heavy (non-hydrogen) atoms. The molecular weight excluding hydrogens is 191 g/mol. The Morgan fingerprint density at radius 3 is 3.07 bits per heavy atom. The lowest BCUT2D eigenvalue weighted by Gasteiger charge is -2.36. The summed E-state index contributed by atoms with van der Waals surface area (Å²) < 4.78 is 5.09. The van der Waals surface area contributed by atoms with Crippen LogP contribution in [0.5, 0.6) is 0 Å². The van der Waals surface area contributed by atoms with Crippen molar-refractivity contribution in [2.75, 3.05) is 26.2 Å². The fourth-order valence-electron chi connectivity index (χ4n) is 2.82. The number of nitrogens with zero attached hydrogens (tertiary/aromatic N) is 2. The van der Waals surface area contributed by atoms with E-state index in [1.807, 2.05) is 11.8 Å². The number of piperidine rings is 1. The van der Waals surface area contributed by atoms with Crippen molar-refractivity contribution >= 4 is 14.1 Å². The van der Waals surface area contributed by atoms with E-state index in [4.69, 9.17) is 4.74 Å². The molecule has 0 aromatic heterocycles. The number of rotatable bonds is 1. The molecule has 0 saturated carbocycles. The molecule has 2 rings (SSSR count). The highest BCUT2D eigenvalue weighted by Gasteiger charge is 2.39. The standard InChI is InChI=1S/C10H19BN2O2/c1-2-15-10(14)13-5-3-4-8-6-12(11)7-9(8)13/h8-9H,2-7,11H2,1H3/t8-,9+/m1/s1. The monoisotopic (exact) mass is 210 g/mol. The first-order chi connectivity index (χ1) is 7.22. The molecule has 0 spiro atoms. The van der Waals surface area contributed by atoms with E-state index in [1.165, 1.54) is 6.42 Å². The van der Waals surface area contributed by atoms with Crippen LogP contribution in [0.3, 0.4) is 0 Å². The number of fused-ring (bicyclic) bond motifs is 1. The van der Waals surface area contributed by atoms with Crippen LogP contribution in [0.15, 0.2) is 0 Å². The van der Waals surface area contributed by atoms with Gasteiger partial charge in [0.2, 0.25) is 0 Å². The van der Waals surface area contributed by atoms with Gasteiger partial charge in [0, 0.05) is 13.1 Å². The molecule has 2 atom stereocenters. The van der Waals surface area contributed by atoms with Crippen LogP contribution in [0.4, 0.5) is 4.79 Å². The molecule has 2 heterocycles. The van der Waals surface area contributed by atoms with Crippen molar-refractivity contribution in [3.63, 3.8) is 0 Å². The summed E-state index contributed by atoms with van der Waals surface area (Å²) in [5.74, 6) is 0.660. The summed E-state index contributed by atoms with van der Waals surface area (Å²) in [4.78, 5) is 16.0. The quantitative estimate of drug-likeness (QED) is 0.575.